The molecule has 1 unspecified atom stereocenters. The van der Waals surface area contributed by atoms with Crippen LogP contribution in [0, 0.1) is 0 Å². The van der Waals surface area contributed by atoms with Crippen LogP contribution in [-0.2, 0) is 0 Å². The largest absolute Gasteiger partial charge is 0.394 e. The standard InChI is InChI=1S/C13H21N3O/c17-8-12(15-10-3-1-2-4-10)13-7-14-9-16(13)11-5-6-11/h7,9-12,15,17H,1-6,8H2. The summed E-state index contributed by atoms with van der Waals surface area (Å²) in [7, 11) is 0. The Morgan fingerprint density at radius 1 is 1.35 bits per heavy atom. The Morgan fingerprint density at radius 2 is 2.12 bits per heavy atom. The van der Waals surface area contributed by atoms with Gasteiger partial charge in [0.25, 0.3) is 0 Å². The van der Waals surface area contributed by atoms with E-state index in [1.54, 1.807) is 0 Å². The van der Waals surface area contributed by atoms with Gasteiger partial charge in [-0.2, -0.15) is 0 Å². The third-order valence-corrected chi connectivity index (χ3v) is 3.97. The SMILES string of the molecule is OCC(NC1CCCC1)c1cncn1C1CC1. The Kier molecular flexibility index (Phi) is 3.16. The predicted octanol–water partition coefficient (Wildman–Crippen LogP) is 1.78. The molecule has 1 aromatic heterocycles. The summed E-state index contributed by atoms with van der Waals surface area (Å²) in [6.07, 6.45) is 11.4. The van der Waals surface area contributed by atoms with Crippen molar-refractivity contribution in [2.24, 2.45) is 0 Å². The molecule has 2 aliphatic rings. The summed E-state index contributed by atoms with van der Waals surface area (Å²) in [4.78, 5) is 4.24. The quantitative estimate of drug-likeness (QED) is 0.818. The second kappa shape index (κ2) is 4.78. The number of aliphatic hydroxyl groups excluding tert-OH is 1. The van der Waals surface area contributed by atoms with Crippen molar-refractivity contribution in [1.29, 1.82) is 0 Å². The molecule has 1 aromatic rings. The van der Waals surface area contributed by atoms with Gasteiger partial charge in [-0.15, -0.1) is 0 Å². The van der Waals surface area contributed by atoms with Crippen LogP contribution in [-0.4, -0.2) is 27.3 Å². The molecule has 0 saturated heterocycles. The van der Waals surface area contributed by atoms with Crippen LogP contribution in [0.5, 0.6) is 0 Å². The van der Waals surface area contributed by atoms with Crippen molar-refractivity contribution >= 4 is 0 Å². The highest BCUT2D eigenvalue weighted by Gasteiger charge is 2.29. The molecule has 2 fully saturated rings. The Morgan fingerprint density at radius 3 is 2.76 bits per heavy atom. The van der Waals surface area contributed by atoms with E-state index in [0.29, 0.717) is 12.1 Å². The monoisotopic (exact) mass is 235 g/mol. The topological polar surface area (TPSA) is 50.1 Å². The first-order valence-corrected chi connectivity index (χ1v) is 6.77. The molecule has 1 heterocycles. The molecule has 3 rings (SSSR count). The first-order chi connectivity index (χ1) is 8.38. The predicted molar refractivity (Wildman–Crippen MR) is 65.7 cm³/mol. The molecule has 0 amide bonds. The van der Waals surface area contributed by atoms with E-state index in [1.165, 1.54) is 38.5 Å². The minimum Gasteiger partial charge on any atom is -0.394 e. The van der Waals surface area contributed by atoms with Gasteiger partial charge in [0.1, 0.15) is 0 Å². The van der Waals surface area contributed by atoms with Gasteiger partial charge in [-0.05, 0) is 25.7 Å². The summed E-state index contributed by atoms with van der Waals surface area (Å²) in [5, 5.41) is 13.2. The molecule has 2 aliphatic carbocycles. The lowest BCUT2D eigenvalue weighted by Crippen LogP contribution is -2.33. The number of nitrogens with zero attached hydrogens (tertiary/aromatic N) is 2. The van der Waals surface area contributed by atoms with Gasteiger partial charge >= 0.3 is 0 Å². The molecule has 0 aliphatic heterocycles. The van der Waals surface area contributed by atoms with E-state index in [4.69, 9.17) is 0 Å². The maximum atomic E-state index is 9.58. The van der Waals surface area contributed by atoms with Crippen molar-refractivity contribution in [2.45, 2.75) is 56.7 Å². The van der Waals surface area contributed by atoms with Crippen LogP contribution in [0.4, 0.5) is 0 Å². The molecule has 17 heavy (non-hydrogen) atoms. The lowest BCUT2D eigenvalue weighted by atomic mass is 10.1. The molecule has 2 saturated carbocycles. The average Bonchev–Trinajstić information content (AvgIpc) is 2.88. The summed E-state index contributed by atoms with van der Waals surface area (Å²) < 4.78 is 2.24. The number of nitrogens with one attached hydrogen (secondary N) is 1. The van der Waals surface area contributed by atoms with E-state index in [-0.39, 0.29) is 12.6 Å². The van der Waals surface area contributed by atoms with Gasteiger partial charge in [-0.25, -0.2) is 4.98 Å². The number of imidazole rings is 1. The van der Waals surface area contributed by atoms with Gasteiger partial charge in [0.2, 0.25) is 0 Å². The minimum atomic E-state index is 0.0567. The van der Waals surface area contributed by atoms with E-state index in [0.717, 1.165) is 5.69 Å². The van der Waals surface area contributed by atoms with E-state index in [1.807, 2.05) is 12.5 Å². The Balaban J connectivity index is 1.71. The van der Waals surface area contributed by atoms with Crippen molar-refractivity contribution in [2.75, 3.05) is 6.61 Å². The zero-order valence-corrected chi connectivity index (χ0v) is 10.2. The van der Waals surface area contributed by atoms with Crippen LogP contribution in [0.2, 0.25) is 0 Å². The number of aliphatic hydroxyl groups is 1. The van der Waals surface area contributed by atoms with E-state index >= 15 is 0 Å². The molecule has 0 radical (unpaired) electrons. The van der Waals surface area contributed by atoms with Crippen molar-refractivity contribution in [1.82, 2.24) is 14.9 Å². The Hall–Kier alpha value is -0.870. The summed E-state index contributed by atoms with van der Waals surface area (Å²) >= 11 is 0. The lowest BCUT2D eigenvalue weighted by molar-refractivity contribution is 0.227. The van der Waals surface area contributed by atoms with Crippen LogP contribution >= 0.6 is 0 Å². The van der Waals surface area contributed by atoms with E-state index in [2.05, 4.69) is 14.9 Å². The van der Waals surface area contributed by atoms with Crippen molar-refractivity contribution in [3.63, 3.8) is 0 Å². The van der Waals surface area contributed by atoms with E-state index in [9.17, 15) is 5.11 Å². The number of hydrogen-bond donors (Lipinski definition) is 2. The highest BCUT2D eigenvalue weighted by molar-refractivity contribution is 5.09. The maximum Gasteiger partial charge on any atom is 0.0951 e. The van der Waals surface area contributed by atoms with Crippen LogP contribution in [0.15, 0.2) is 12.5 Å². The van der Waals surface area contributed by atoms with Crippen LogP contribution in [0.1, 0.15) is 56.3 Å². The fourth-order valence-electron chi connectivity index (χ4n) is 2.85. The van der Waals surface area contributed by atoms with Gasteiger partial charge in [-0.3, -0.25) is 0 Å². The number of hydrogen-bond acceptors (Lipinski definition) is 3. The fraction of sp³-hybridized carbons (Fsp3) is 0.769. The van der Waals surface area contributed by atoms with Gasteiger partial charge in [0, 0.05) is 18.3 Å². The van der Waals surface area contributed by atoms with Gasteiger partial charge < -0.3 is 15.0 Å². The molecular weight excluding hydrogens is 214 g/mol. The third-order valence-electron chi connectivity index (χ3n) is 3.97. The van der Waals surface area contributed by atoms with Crippen LogP contribution in [0.25, 0.3) is 0 Å². The molecule has 1 atom stereocenters. The smallest absolute Gasteiger partial charge is 0.0951 e. The first-order valence-electron chi connectivity index (χ1n) is 6.77. The van der Waals surface area contributed by atoms with E-state index < -0.39 is 0 Å². The highest BCUT2D eigenvalue weighted by atomic mass is 16.3. The molecule has 0 spiro atoms. The van der Waals surface area contributed by atoms with Crippen molar-refractivity contribution in [3.8, 4) is 0 Å². The third kappa shape index (κ3) is 2.38. The first kappa shape index (κ1) is 11.2. The Labute approximate surface area is 102 Å². The molecule has 0 aromatic carbocycles. The normalized spacial score (nSPS) is 23.1. The maximum absolute atomic E-state index is 9.58. The zero-order valence-electron chi connectivity index (χ0n) is 10.2. The molecule has 2 N–H and O–H groups in total. The minimum absolute atomic E-state index is 0.0567. The second-order valence-electron chi connectivity index (χ2n) is 5.34. The van der Waals surface area contributed by atoms with Gasteiger partial charge in [0.05, 0.1) is 24.7 Å². The number of aromatic nitrogens is 2. The molecule has 0 bridgehead atoms. The van der Waals surface area contributed by atoms with Crippen molar-refractivity contribution in [3.05, 3.63) is 18.2 Å². The zero-order chi connectivity index (χ0) is 11.7. The Bertz CT molecular complexity index is 366. The van der Waals surface area contributed by atoms with Gasteiger partial charge in [0.15, 0.2) is 0 Å². The second-order valence-corrected chi connectivity index (χ2v) is 5.34. The summed E-state index contributed by atoms with van der Waals surface area (Å²) in [6.45, 7) is 0.162. The molecule has 4 heteroatoms. The summed E-state index contributed by atoms with van der Waals surface area (Å²) in [5.41, 5.74) is 1.15. The fourth-order valence-corrected chi connectivity index (χ4v) is 2.85. The van der Waals surface area contributed by atoms with Crippen LogP contribution in [0.3, 0.4) is 0 Å². The molecule has 94 valence electrons. The summed E-state index contributed by atoms with van der Waals surface area (Å²) in [5.74, 6) is 0. The molecular formula is C13H21N3O. The lowest BCUT2D eigenvalue weighted by Gasteiger charge is -2.22. The average molecular weight is 235 g/mol. The van der Waals surface area contributed by atoms with Crippen molar-refractivity contribution < 1.29 is 5.11 Å². The summed E-state index contributed by atoms with van der Waals surface area (Å²) in [6, 6.07) is 1.27. The number of rotatable bonds is 5. The molecule has 4 nitrogen and oxygen atoms in total. The van der Waals surface area contributed by atoms with Gasteiger partial charge in [-0.1, -0.05) is 12.8 Å². The highest BCUT2D eigenvalue weighted by Crippen LogP contribution is 2.37. The van der Waals surface area contributed by atoms with Crippen LogP contribution < -0.4 is 5.32 Å².